The van der Waals surface area contributed by atoms with E-state index in [-0.39, 0.29) is 0 Å². The zero-order valence-corrected chi connectivity index (χ0v) is 38.2. The van der Waals surface area contributed by atoms with E-state index < -0.39 is 5.41 Å². The first-order valence-electron chi connectivity index (χ1n) is 24.1. The smallest absolute Gasteiger partial charge is 0.143 e. The van der Waals surface area contributed by atoms with E-state index in [1.54, 1.807) is 0 Å². The lowest BCUT2D eigenvalue weighted by molar-refractivity contribution is 0.670. The molecule has 3 heteroatoms. The molecule has 0 spiro atoms. The van der Waals surface area contributed by atoms with E-state index in [4.69, 9.17) is 4.42 Å². The molecule has 2 heterocycles. The zero-order chi connectivity index (χ0) is 46.2. The van der Waals surface area contributed by atoms with Gasteiger partial charge in [0.15, 0.2) is 0 Å². The van der Waals surface area contributed by atoms with Crippen molar-refractivity contribution in [2.45, 2.75) is 5.41 Å². The van der Waals surface area contributed by atoms with Crippen LogP contribution in [0.5, 0.6) is 0 Å². The number of nitrogens with zero attached hydrogens (tertiary/aromatic N) is 2. The van der Waals surface area contributed by atoms with E-state index in [1.165, 1.54) is 55.2 Å². The molecule has 1 aliphatic rings. The van der Waals surface area contributed by atoms with Crippen molar-refractivity contribution in [2.24, 2.45) is 0 Å². The van der Waals surface area contributed by atoms with E-state index in [0.717, 1.165) is 66.9 Å². The highest BCUT2D eigenvalue weighted by Gasteiger charge is 2.47. The Morgan fingerprint density at radius 2 is 0.929 bits per heavy atom. The SMILES string of the molecule is c1ccc(C2(c3ccccc3)c3ccccc3-c3c(N(c4ccc(-c5cccc(-c6cccc7c6oc6ccccc67)c5)cc4)c4cccc(-n5c6ccccc6c6ccccc65)c4)cccc32)cc1. The van der Waals surface area contributed by atoms with Crippen molar-refractivity contribution in [3.8, 4) is 39.1 Å². The van der Waals surface area contributed by atoms with Crippen LogP contribution in [0.3, 0.4) is 0 Å². The summed E-state index contributed by atoms with van der Waals surface area (Å²) in [4.78, 5) is 2.47. The summed E-state index contributed by atoms with van der Waals surface area (Å²) in [6.45, 7) is 0. The fraction of sp³-hybridized carbons (Fsp3) is 0.0149. The Balaban J connectivity index is 0.967. The molecule has 0 radical (unpaired) electrons. The summed E-state index contributed by atoms with van der Waals surface area (Å²) in [6, 6.07) is 97.3. The molecule has 13 aromatic rings. The Bertz CT molecular complexity index is 4030. The first kappa shape index (κ1) is 39.9. The average molecular weight is 893 g/mol. The molecule has 2 aromatic heterocycles. The molecule has 70 heavy (non-hydrogen) atoms. The Morgan fingerprint density at radius 3 is 1.69 bits per heavy atom. The monoisotopic (exact) mass is 892 g/mol. The lowest BCUT2D eigenvalue weighted by Gasteiger charge is -2.34. The lowest BCUT2D eigenvalue weighted by Crippen LogP contribution is -2.28. The molecule has 0 bridgehead atoms. The fourth-order valence-electron chi connectivity index (χ4n) is 11.7. The number of fused-ring (bicyclic) bond motifs is 9. The molecule has 0 N–H and O–H groups in total. The highest BCUT2D eigenvalue weighted by Crippen LogP contribution is 2.59. The number of hydrogen-bond donors (Lipinski definition) is 0. The maximum Gasteiger partial charge on any atom is 0.143 e. The van der Waals surface area contributed by atoms with Crippen molar-refractivity contribution in [2.75, 3.05) is 4.90 Å². The first-order valence-corrected chi connectivity index (χ1v) is 24.1. The summed E-state index contributed by atoms with van der Waals surface area (Å²) >= 11 is 0. The number of benzene rings is 11. The van der Waals surface area contributed by atoms with Gasteiger partial charge in [-0.2, -0.15) is 0 Å². The predicted octanol–water partition coefficient (Wildman–Crippen LogP) is 17.8. The largest absolute Gasteiger partial charge is 0.455 e. The second-order valence-electron chi connectivity index (χ2n) is 18.4. The maximum atomic E-state index is 6.49. The number of rotatable bonds is 8. The second kappa shape index (κ2) is 16.0. The molecule has 11 aromatic carbocycles. The van der Waals surface area contributed by atoms with Gasteiger partial charge in [-0.15, -0.1) is 0 Å². The molecule has 1 aliphatic carbocycles. The van der Waals surface area contributed by atoms with Crippen LogP contribution in [-0.2, 0) is 5.41 Å². The van der Waals surface area contributed by atoms with Crippen molar-refractivity contribution >= 4 is 60.8 Å². The van der Waals surface area contributed by atoms with E-state index in [2.05, 4.69) is 264 Å². The third kappa shape index (κ3) is 6.01. The van der Waals surface area contributed by atoms with E-state index in [9.17, 15) is 0 Å². The summed E-state index contributed by atoms with van der Waals surface area (Å²) in [5.74, 6) is 0. The fourth-order valence-corrected chi connectivity index (χ4v) is 11.7. The van der Waals surface area contributed by atoms with Gasteiger partial charge in [0.1, 0.15) is 11.2 Å². The van der Waals surface area contributed by atoms with Crippen LogP contribution in [0.4, 0.5) is 17.1 Å². The third-order valence-electron chi connectivity index (χ3n) is 14.7. The Kier molecular flexibility index (Phi) is 9.11. The topological polar surface area (TPSA) is 21.3 Å². The number of anilines is 3. The minimum absolute atomic E-state index is 0.539. The van der Waals surface area contributed by atoms with Crippen LogP contribution >= 0.6 is 0 Å². The van der Waals surface area contributed by atoms with Crippen LogP contribution in [0.1, 0.15) is 22.3 Å². The standard InChI is InChI=1S/C67H44N2O/c1-3-21-48(22-4-1)67(49-23-5-2-6-24-49)59-33-11-7-30-58(59)65-60(67)34-18-37-63(65)68(51-25-16-26-52(44-51)69-61-35-12-8-27-54(61)55-28-9-13-36-62(55)69)50-41-39-45(40-42-50)46-19-15-20-47(43-46)53-31-17-32-57-56-29-10-14-38-64(56)70-66(53)57/h1-44H. The minimum Gasteiger partial charge on any atom is -0.455 e. The molecule has 328 valence electrons. The van der Waals surface area contributed by atoms with Crippen molar-refractivity contribution in [3.63, 3.8) is 0 Å². The molecule has 14 rings (SSSR count). The van der Waals surface area contributed by atoms with E-state index in [1.807, 2.05) is 12.1 Å². The summed E-state index contributed by atoms with van der Waals surface area (Å²) in [6.07, 6.45) is 0. The van der Waals surface area contributed by atoms with Crippen molar-refractivity contribution < 1.29 is 4.42 Å². The molecule has 0 aliphatic heterocycles. The highest BCUT2D eigenvalue weighted by atomic mass is 16.3. The highest BCUT2D eigenvalue weighted by molar-refractivity contribution is 6.10. The quantitative estimate of drug-likeness (QED) is 0.152. The van der Waals surface area contributed by atoms with Gasteiger partial charge in [0.2, 0.25) is 0 Å². The molecule has 0 amide bonds. The summed E-state index contributed by atoms with van der Waals surface area (Å²) < 4.78 is 8.90. The summed E-state index contributed by atoms with van der Waals surface area (Å²) in [5, 5.41) is 4.74. The Labute approximate surface area is 406 Å². The molecular formula is C67H44N2O. The number of para-hydroxylation sites is 4. The van der Waals surface area contributed by atoms with Gasteiger partial charge in [-0.1, -0.05) is 206 Å². The van der Waals surface area contributed by atoms with Crippen molar-refractivity contribution in [1.82, 2.24) is 4.57 Å². The van der Waals surface area contributed by atoms with Gasteiger partial charge in [0.05, 0.1) is 22.1 Å². The molecular weight excluding hydrogens is 849 g/mol. The number of furan rings is 1. The van der Waals surface area contributed by atoms with E-state index >= 15 is 0 Å². The predicted molar refractivity (Wildman–Crippen MR) is 291 cm³/mol. The normalized spacial score (nSPS) is 12.7. The molecule has 0 fully saturated rings. The minimum atomic E-state index is -0.539. The lowest BCUT2D eigenvalue weighted by atomic mass is 9.68. The van der Waals surface area contributed by atoms with Gasteiger partial charge in [0.25, 0.3) is 0 Å². The Morgan fingerprint density at radius 1 is 0.357 bits per heavy atom. The first-order chi connectivity index (χ1) is 34.7. The van der Waals surface area contributed by atoms with Gasteiger partial charge in [-0.05, 0) is 105 Å². The van der Waals surface area contributed by atoms with Gasteiger partial charge < -0.3 is 13.9 Å². The third-order valence-corrected chi connectivity index (χ3v) is 14.7. The van der Waals surface area contributed by atoms with E-state index in [0.29, 0.717) is 0 Å². The van der Waals surface area contributed by atoms with Crippen molar-refractivity contribution in [3.05, 3.63) is 289 Å². The van der Waals surface area contributed by atoms with Gasteiger partial charge in [0, 0.05) is 49.7 Å². The summed E-state index contributed by atoms with van der Waals surface area (Å²) in [7, 11) is 0. The van der Waals surface area contributed by atoms with Crippen LogP contribution in [0.25, 0.3) is 82.8 Å². The van der Waals surface area contributed by atoms with Gasteiger partial charge in [-0.25, -0.2) is 0 Å². The van der Waals surface area contributed by atoms with Crippen LogP contribution in [0.15, 0.2) is 271 Å². The van der Waals surface area contributed by atoms with Gasteiger partial charge >= 0.3 is 0 Å². The van der Waals surface area contributed by atoms with Crippen molar-refractivity contribution in [1.29, 1.82) is 0 Å². The maximum absolute atomic E-state index is 6.49. The number of hydrogen-bond acceptors (Lipinski definition) is 2. The van der Waals surface area contributed by atoms with Crippen LogP contribution in [-0.4, -0.2) is 4.57 Å². The Hall–Kier alpha value is -9.18. The zero-order valence-electron chi connectivity index (χ0n) is 38.2. The van der Waals surface area contributed by atoms with Crippen LogP contribution in [0.2, 0.25) is 0 Å². The summed E-state index contributed by atoms with van der Waals surface area (Å²) in [5.41, 5.74) is 20.0. The molecule has 0 atom stereocenters. The molecule has 0 unspecified atom stereocenters. The molecule has 0 saturated heterocycles. The molecule has 3 nitrogen and oxygen atoms in total. The van der Waals surface area contributed by atoms with Crippen LogP contribution in [0, 0.1) is 0 Å². The second-order valence-corrected chi connectivity index (χ2v) is 18.4. The van der Waals surface area contributed by atoms with Crippen LogP contribution < -0.4 is 4.90 Å². The van der Waals surface area contributed by atoms with Gasteiger partial charge in [-0.3, -0.25) is 0 Å². The average Bonchev–Trinajstić information content (AvgIpc) is 4.09. The molecule has 0 saturated carbocycles. The number of aromatic nitrogens is 1.